The number of nitrogens with one attached hydrogen (secondary N) is 1. The largest absolute Gasteiger partial charge is 0.480 e. The number of H-pyrrole nitrogens is 1. The molecule has 7 heteroatoms. The first-order valence-corrected chi connectivity index (χ1v) is 9.77. The number of nitrogens with zero attached hydrogens (tertiary/aromatic N) is 2. The Bertz CT molecular complexity index is 860. The quantitative estimate of drug-likeness (QED) is 0.798. The third-order valence-corrected chi connectivity index (χ3v) is 5.48. The fourth-order valence-corrected chi connectivity index (χ4v) is 4.02. The van der Waals surface area contributed by atoms with Crippen LogP contribution in [-0.2, 0) is 20.8 Å². The van der Waals surface area contributed by atoms with Crippen molar-refractivity contribution in [1.82, 2.24) is 14.8 Å². The lowest BCUT2D eigenvalue weighted by atomic mass is 10.1. The number of carbonyl (C=O) groups is 3. The van der Waals surface area contributed by atoms with Crippen molar-refractivity contribution in [3.63, 3.8) is 0 Å². The summed E-state index contributed by atoms with van der Waals surface area (Å²) in [6, 6.07) is 7.93. The molecule has 1 aromatic heterocycles. The molecule has 3 rings (SSSR count). The van der Waals surface area contributed by atoms with Crippen LogP contribution >= 0.6 is 0 Å². The smallest absolute Gasteiger partial charge is 0.323 e. The SMILES string of the molecule is CC(=O)N(CC(=O)O)C1CCCN(C(=O)CCc2c[nH]c3ccccc23)CC1. The number of amides is 2. The number of carboxylic acids is 1. The molecule has 2 N–H and O–H groups in total. The first-order chi connectivity index (χ1) is 13.5. The lowest BCUT2D eigenvalue weighted by Crippen LogP contribution is -2.43. The van der Waals surface area contributed by atoms with Crippen molar-refractivity contribution in [3.8, 4) is 0 Å². The van der Waals surface area contributed by atoms with Crippen LogP contribution < -0.4 is 0 Å². The number of carboxylic acid groups (broad SMARTS) is 1. The van der Waals surface area contributed by atoms with Gasteiger partial charge in [0.15, 0.2) is 0 Å². The summed E-state index contributed by atoms with van der Waals surface area (Å²) in [5.41, 5.74) is 2.21. The van der Waals surface area contributed by atoms with E-state index in [4.69, 9.17) is 5.11 Å². The molecule has 1 aromatic carbocycles. The van der Waals surface area contributed by atoms with Crippen molar-refractivity contribution < 1.29 is 19.5 Å². The molecule has 0 radical (unpaired) electrons. The minimum atomic E-state index is -1.01. The number of aryl methyl sites for hydroxylation is 1. The molecular weight excluding hydrogens is 358 g/mol. The van der Waals surface area contributed by atoms with Gasteiger partial charge in [0.05, 0.1) is 0 Å². The van der Waals surface area contributed by atoms with Crippen LogP contribution in [-0.4, -0.2) is 63.4 Å². The number of rotatable bonds is 6. The molecule has 2 aromatic rings. The van der Waals surface area contributed by atoms with Gasteiger partial charge < -0.3 is 19.9 Å². The molecule has 1 unspecified atom stereocenters. The number of fused-ring (bicyclic) bond motifs is 1. The van der Waals surface area contributed by atoms with E-state index in [1.807, 2.05) is 29.3 Å². The van der Waals surface area contributed by atoms with Gasteiger partial charge in [-0.15, -0.1) is 0 Å². The van der Waals surface area contributed by atoms with Gasteiger partial charge in [0, 0.05) is 49.6 Å². The summed E-state index contributed by atoms with van der Waals surface area (Å²) in [4.78, 5) is 42.1. The minimum Gasteiger partial charge on any atom is -0.480 e. The number of carbonyl (C=O) groups excluding carboxylic acids is 2. The van der Waals surface area contributed by atoms with Crippen LogP contribution in [0.25, 0.3) is 10.9 Å². The zero-order chi connectivity index (χ0) is 20.1. The standard InChI is InChI=1S/C21H27N3O4/c1-15(25)24(14-21(27)28)17-5-4-11-23(12-10-17)20(26)9-8-16-13-22-19-7-3-2-6-18(16)19/h2-3,6-7,13,17,22H,4-5,8-12,14H2,1H3,(H,27,28). The third-order valence-electron chi connectivity index (χ3n) is 5.48. The highest BCUT2D eigenvalue weighted by molar-refractivity contribution is 5.84. The first-order valence-electron chi connectivity index (χ1n) is 9.77. The van der Waals surface area contributed by atoms with Gasteiger partial charge in [-0.05, 0) is 37.3 Å². The zero-order valence-electron chi connectivity index (χ0n) is 16.2. The molecule has 0 saturated carbocycles. The van der Waals surface area contributed by atoms with E-state index in [1.54, 1.807) is 0 Å². The number of aromatic nitrogens is 1. The predicted molar refractivity (Wildman–Crippen MR) is 106 cm³/mol. The van der Waals surface area contributed by atoms with E-state index in [9.17, 15) is 14.4 Å². The molecule has 2 amide bonds. The highest BCUT2D eigenvalue weighted by Crippen LogP contribution is 2.21. The molecule has 1 fully saturated rings. The summed E-state index contributed by atoms with van der Waals surface area (Å²) in [5.74, 6) is -1.13. The first kappa shape index (κ1) is 19.9. The maximum atomic E-state index is 12.7. The lowest BCUT2D eigenvalue weighted by Gasteiger charge is -2.28. The molecule has 150 valence electrons. The number of benzene rings is 1. The molecule has 1 aliphatic heterocycles. The van der Waals surface area contributed by atoms with E-state index in [0.29, 0.717) is 32.4 Å². The Labute approximate surface area is 164 Å². The predicted octanol–water partition coefficient (Wildman–Crippen LogP) is 2.41. The normalized spacial score (nSPS) is 17.3. The second-order valence-electron chi connectivity index (χ2n) is 7.37. The molecular formula is C21H27N3O4. The van der Waals surface area contributed by atoms with Crippen molar-refractivity contribution >= 4 is 28.7 Å². The summed E-state index contributed by atoms with van der Waals surface area (Å²) in [7, 11) is 0. The second-order valence-corrected chi connectivity index (χ2v) is 7.37. The van der Waals surface area contributed by atoms with Crippen LogP contribution in [0, 0.1) is 0 Å². The van der Waals surface area contributed by atoms with Crippen molar-refractivity contribution in [3.05, 3.63) is 36.0 Å². The van der Waals surface area contributed by atoms with Gasteiger partial charge in [-0.3, -0.25) is 14.4 Å². The summed E-state index contributed by atoms with van der Waals surface area (Å²) in [6.45, 7) is 2.33. The van der Waals surface area contributed by atoms with Crippen LogP contribution in [0.2, 0.25) is 0 Å². The van der Waals surface area contributed by atoms with Crippen molar-refractivity contribution in [2.45, 2.75) is 45.1 Å². The Morgan fingerprint density at radius 2 is 2.00 bits per heavy atom. The fraction of sp³-hybridized carbons (Fsp3) is 0.476. The van der Waals surface area contributed by atoms with Crippen LogP contribution in [0.4, 0.5) is 0 Å². The molecule has 1 aliphatic rings. The number of hydrogen-bond acceptors (Lipinski definition) is 3. The number of hydrogen-bond donors (Lipinski definition) is 2. The molecule has 0 aliphatic carbocycles. The summed E-state index contributed by atoms with van der Waals surface area (Å²) >= 11 is 0. The minimum absolute atomic E-state index is 0.110. The summed E-state index contributed by atoms with van der Waals surface area (Å²) in [6.07, 6.45) is 5.20. The molecule has 1 atom stereocenters. The molecule has 1 saturated heterocycles. The maximum absolute atomic E-state index is 12.7. The molecule has 0 spiro atoms. The molecule has 0 bridgehead atoms. The molecule has 2 heterocycles. The Hall–Kier alpha value is -2.83. The molecule has 7 nitrogen and oxygen atoms in total. The fourth-order valence-electron chi connectivity index (χ4n) is 4.02. The Morgan fingerprint density at radius 3 is 2.75 bits per heavy atom. The van der Waals surface area contributed by atoms with Crippen molar-refractivity contribution in [1.29, 1.82) is 0 Å². The van der Waals surface area contributed by atoms with E-state index < -0.39 is 5.97 Å². The average Bonchev–Trinajstić information content (AvgIpc) is 2.91. The van der Waals surface area contributed by atoms with Crippen molar-refractivity contribution in [2.24, 2.45) is 0 Å². The van der Waals surface area contributed by atoms with Gasteiger partial charge in [-0.2, -0.15) is 0 Å². The van der Waals surface area contributed by atoms with E-state index in [-0.39, 0.29) is 24.4 Å². The monoisotopic (exact) mass is 385 g/mol. The lowest BCUT2D eigenvalue weighted by molar-refractivity contribution is -0.145. The van der Waals surface area contributed by atoms with E-state index >= 15 is 0 Å². The van der Waals surface area contributed by atoms with E-state index in [0.717, 1.165) is 29.3 Å². The number of para-hydroxylation sites is 1. The zero-order valence-corrected chi connectivity index (χ0v) is 16.2. The van der Waals surface area contributed by atoms with Crippen molar-refractivity contribution in [2.75, 3.05) is 19.6 Å². The number of likely N-dealkylation sites (tertiary alicyclic amines) is 1. The number of aromatic amines is 1. The van der Waals surface area contributed by atoms with Crippen LogP contribution in [0.5, 0.6) is 0 Å². The van der Waals surface area contributed by atoms with Gasteiger partial charge >= 0.3 is 5.97 Å². The summed E-state index contributed by atoms with van der Waals surface area (Å²) in [5, 5.41) is 10.2. The van der Waals surface area contributed by atoms with E-state index in [2.05, 4.69) is 11.1 Å². The Balaban J connectivity index is 1.56. The molecule has 28 heavy (non-hydrogen) atoms. The van der Waals surface area contributed by atoms with Gasteiger partial charge in [0.25, 0.3) is 0 Å². The summed E-state index contributed by atoms with van der Waals surface area (Å²) < 4.78 is 0. The van der Waals surface area contributed by atoms with Crippen LogP contribution in [0.3, 0.4) is 0 Å². The van der Waals surface area contributed by atoms with Crippen LogP contribution in [0.1, 0.15) is 38.2 Å². The number of aliphatic carboxylic acids is 1. The van der Waals surface area contributed by atoms with Crippen LogP contribution in [0.15, 0.2) is 30.5 Å². The Kier molecular flexibility index (Phi) is 6.34. The van der Waals surface area contributed by atoms with Gasteiger partial charge in [-0.25, -0.2) is 0 Å². The third kappa shape index (κ3) is 4.71. The van der Waals surface area contributed by atoms with Gasteiger partial charge in [0.1, 0.15) is 6.54 Å². The highest BCUT2D eigenvalue weighted by atomic mass is 16.4. The maximum Gasteiger partial charge on any atom is 0.323 e. The average molecular weight is 385 g/mol. The second kappa shape index (κ2) is 8.91. The Morgan fingerprint density at radius 1 is 1.21 bits per heavy atom. The van der Waals surface area contributed by atoms with Gasteiger partial charge in [-0.1, -0.05) is 18.2 Å². The topological polar surface area (TPSA) is 93.7 Å². The van der Waals surface area contributed by atoms with Gasteiger partial charge in [0.2, 0.25) is 11.8 Å². The van der Waals surface area contributed by atoms with E-state index in [1.165, 1.54) is 11.8 Å². The highest BCUT2D eigenvalue weighted by Gasteiger charge is 2.27.